The molecule has 0 aliphatic rings. The van der Waals surface area contributed by atoms with E-state index in [9.17, 15) is 4.79 Å². The van der Waals surface area contributed by atoms with E-state index in [0.717, 1.165) is 26.7 Å². The minimum atomic E-state index is -0.147. The summed E-state index contributed by atoms with van der Waals surface area (Å²) >= 11 is 3.12. The van der Waals surface area contributed by atoms with Crippen LogP contribution in [0, 0.1) is 0 Å². The van der Waals surface area contributed by atoms with E-state index in [1.165, 1.54) is 11.3 Å². The third-order valence-corrected chi connectivity index (χ3v) is 5.89. The predicted molar refractivity (Wildman–Crippen MR) is 109 cm³/mol. The average molecular weight is 383 g/mol. The Bertz CT molecular complexity index is 1100. The maximum absolute atomic E-state index is 12.7. The smallest absolute Gasteiger partial charge is 0.260 e. The fourth-order valence-electron chi connectivity index (χ4n) is 2.82. The van der Waals surface area contributed by atoms with Crippen molar-refractivity contribution < 1.29 is 4.74 Å². The van der Waals surface area contributed by atoms with Gasteiger partial charge in [0.15, 0.2) is 0 Å². The number of nitrogens with zero attached hydrogens (tertiary/aromatic N) is 1. The first-order valence-corrected chi connectivity index (χ1v) is 9.87. The molecule has 0 aliphatic carbocycles. The van der Waals surface area contributed by atoms with Crippen LogP contribution in [0.1, 0.15) is 18.8 Å². The van der Waals surface area contributed by atoms with Gasteiger partial charge in [-0.05, 0) is 30.5 Å². The van der Waals surface area contributed by atoms with Crippen LogP contribution in [0.5, 0.6) is 5.75 Å². The largest absolute Gasteiger partial charge is 0.497 e. The lowest BCUT2D eigenvalue weighted by Gasteiger charge is -2.15. The van der Waals surface area contributed by atoms with Gasteiger partial charge >= 0.3 is 0 Å². The Morgan fingerprint density at radius 3 is 2.88 bits per heavy atom. The minimum Gasteiger partial charge on any atom is -0.497 e. The molecule has 0 aliphatic heterocycles. The van der Waals surface area contributed by atoms with Crippen molar-refractivity contribution in [1.29, 1.82) is 0 Å². The number of hydrogen-bond donors (Lipinski definition) is 2. The number of benzene rings is 1. The molecule has 0 fully saturated rings. The van der Waals surface area contributed by atoms with E-state index in [-0.39, 0.29) is 11.6 Å². The third-order valence-electron chi connectivity index (χ3n) is 4.11. The number of H-pyrrole nitrogens is 1. The van der Waals surface area contributed by atoms with Gasteiger partial charge in [0.2, 0.25) is 0 Å². The molecule has 1 atom stereocenters. The normalized spacial score (nSPS) is 12.2. The number of aromatic amines is 1. The summed E-state index contributed by atoms with van der Waals surface area (Å²) in [5, 5.41) is 8.03. The van der Waals surface area contributed by atoms with Crippen LogP contribution in [0.3, 0.4) is 0 Å². The standard InChI is InChI=1S/C19H17N3O2S2/c1-11(20-12-5-3-6-13(9-12)24-2)17-21-18(23)16-14(10-26-19(16)22-17)15-7-4-8-25-15/h3-11,20H,1-2H3,(H,21,22,23). The third kappa shape index (κ3) is 3.11. The Kier molecular flexibility index (Phi) is 4.48. The molecule has 1 unspecified atom stereocenters. The van der Waals surface area contributed by atoms with Crippen LogP contribution in [-0.4, -0.2) is 17.1 Å². The van der Waals surface area contributed by atoms with Crippen molar-refractivity contribution in [2.45, 2.75) is 13.0 Å². The monoisotopic (exact) mass is 383 g/mol. The Balaban J connectivity index is 1.68. The number of thiophene rings is 2. The topological polar surface area (TPSA) is 67.0 Å². The number of ether oxygens (including phenoxy) is 1. The summed E-state index contributed by atoms with van der Waals surface area (Å²) in [5.41, 5.74) is 1.76. The van der Waals surface area contributed by atoms with Crippen LogP contribution >= 0.6 is 22.7 Å². The summed E-state index contributed by atoms with van der Waals surface area (Å²) in [5.74, 6) is 1.39. The van der Waals surface area contributed by atoms with Gasteiger partial charge in [0.05, 0.1) is 18.5 Å². The molecule has 1 aromatic carbocycles. The molecule has 0 bridgehead atoms. The first-order chi connectivity index (χ1) is 12.7. The van der Waals surface area contributed by atoms with Gasteiger partial charge in [0, 0.05) is 27.6 Å². The molecule has 3 aromatic heterocycles. The van der Waals surface area contributed by atoms with Crippen molar-refractivity contribution >= 4 is 38.6 Å². The average Bonchev–Trinajstić information content (AvgIpc) is 3.31. The second-order valence-electron chi connectivity index (χ2n) is 5.86. The zero-order chi connectivity index (χ0) is 18.1. The van der Waals surface area contributed by atoms with Gasteiger partial charge in [-0.3, -0.25) is 4.79 Å². The molecule has 4 aromatic rings. The lowest BCUT2D eigenvalue weighted by Crippen LogP contribution is -2.17. The molecule has 0 saturated heterocycles. The van der Waals surface area contributed by atoms with Crippen LogP contribution in [0.15, 0.2) is 52.0 Å². The van der Waals surface area contributed by atoms with Crippen LogP contribution in [0.2, 0.25) is 0 Å². The second-order valence-corrected chi connectivity index (χ2v) is 7.66. The fraction of sp³-hybridized carbons (Fsp3) is 0.158. The van der Waals surface area contributed by atoms with Gasteiger partial charge in [0.25, 0.3) is 5.56 Å². The van der Waals surface area contributed by atoms with E-state index in [2.05, 4.69) is 15.3 Å². The number of methoxy groups -OCH3 is 1. The number of nitrogens with one attached hydrogen (secondary N) is 2. The van der Waals surface area contributed by atoms with Crippen molar-refractivity contribution in [3.8, 4) is 16.2 Å². The number of hydrogen-bond acceptors (Lipinski definition) is 6. The van der Waals surface area contributed by atoms with Gasteiger partial charge < -0.3 is 15.0 Å². The highest BCUT2D eigenvalue weighted by molar-refractivity contribution is 7.18. The highest BCUT2D eigenvalue weighted by atomic mass is 32.1. The van der Waals surface area contributed by atoms with Gasteiger partial charge in [-0.1, -0.05) is 12.1 Å². The lowest BCUT2D eigenvalue weighted by molar-refractivity contribution is 0.415. The van der Waals surface area contributed by atoms with E-state index in [1.807, 2.05) is 54.1 Å². The van der Waals surface area contributed by atoms with Gasteiger partial charge in [-0.2, -0.15) is 0 Å². The molecule has 5 nitrogen and oxygen atoms in total. The summed E-state index contributed by atoms with van der Waals surface area (Å²) in [6.07, 6.45) is 0. The molecule has 7 heteroatoms. The highest BCUT2D eigenvalue weighted by Crippen LogP contribution is 2.34. The quantitative estimate of drug-likeness (QED) is 0.515. The van der Waals surface area contributed by atoms with Crippen molar-refractivity contribution in [1.82, 2.24) is 9.97 Å². The predicted octanol–water partition coefficient (Wildman–Crippen LogP) is 4.89. The van der Waals surface area contributed by atoms with E-state index >= 15 is 0 Å². The Morgan fingerprint density at radius 2 is 2.12 bits per heavy atom. The summed E-state index contributed by atoms with van der Waals surface area (Å²) < 4.78 is 5.25. The Hall–Kier alpha value is -2.64. The molecule has 0 amide bonds. The maximum atomic E-state index is 12.7. The molecule has 4 rings (SSSR count). The lowest BCUT2D eigenvalue weighted by atomic mass is 10.2. The fourth-order valence-corrected chi connectivity index (χ4v) is 4.58. The Labute approximate surface area is 158 Å². The van der Waals surface area contributed by atoms with Crippen molar-refractivity contribution in [3.05, 3.63) is 63.3 Å². The molecule has 0 saturated carbocycles. The zero-order valence-corrected chi connectivity index (χ0v) is 15.9. The zero-order valence-electron chi connectivity index (χ0n) is 14.3. The summed E-state index contributed by atoms with van der Waals surface area (Å²) in [4.78, 5) is 22.2. The molecular formula is C19H17N3O2S2. The summed E-state index contributed by atoms with van der Waals surface area (Å²) in [7, 11) is 1.64. The highest BCUT2D eigenvalue weighted by Gasteiger charge is 2.16. The van der Waals surface area contributed by atoms with E-state index in [0.29, 0.717) is 11.2 Å². The van der Waals surface area contributed by atoms with Crippen LogP contribution < -0.4 is 15.6 Å². The molecule has 2 N–H and O–H groups in total. The van der Waals surface area contributed by atoms with Crippen molar-refractivity contribution in [3.63, 3.8) is 0 Å². The second kappa shape index (κ2) is 6.93. The maximum Gasteiger partial charge on any atom is 0.260 e. The molecule has 0 spiro atoms. The SMILES string of the molecule is COc1cccc(NC(C)c2nc3scc(-c4cccs4)c3c(=O)[nH]2)c1. The number of anilines is 1. The van der Waals surface area contributed by atoms with E-state index < -0.39 is 0 Å². The summed E-state index contributed by atoms with van der Waals surface area (Å²) in [6.45, 7) is 1.97. The van der Waals surface area contributed by atoms with Crippen LogP contribution in [0.25, 0.3) is 20.7 Å². The Morgan fingerprint density at radius 1 is 1.23 bits per heavy atom. The van der Waals surface area contributed by atoms with Gasteiger partial charge in [-0.25, -0.2) is 4.98 Å². The first kappa shape index (κ1) is 16.8. The van der Waals surface area contributed by atoms with Crippen LogP contribution in [0.4, 0.5) is 5.69 Å². The molecular weight excluding hydrogens is 366 g/mol. The van der Waals surface area contributed by atoms with Crippen molar-refractivity contribution in [2.24, 2.45) is 0 Å². The molecule has 26 heavy (non-hydrogen) atoms. The molecule has 132 valence electrons. The number of aromatic nitrogens is 2. The summed E-state index contributed by atoms with van der Waals surface area (Å²) in [6, 6.07) is 11.5. The van der Waals surface area contributed by atoms with Crippen molar-refractivity contribution in [2.75, 3.05) is 12.4 Å². The molecule has 0 radical (unpaired) electrons. The molecule has 3 heterocycles. The minimum absolute atomic E-state index is 0.103. The number of fused-ring (bicyclic) bond motifs is 1. The first-order valence-electron chi connectivity index (χ1n) is 8.11. The van der Waals surface area contributed by atoms with Gasteiger partial charge in [0.1, 0.15) is 16.4 Å². The van der Waals surface area contributed by atoms with Crippen LogP contribution in [-0.2, 0) is 0 Å². The van der Waals surface area contributed by atoms with Gasteiger partial charge in [-0.15, -0.1) is 22.7 Å². The number of rotatable bonds is 5. The van der Waals surface area contributed by atoms with E-state index in [1.54, 1.807) is 18.4 Å². The van der Waals surface area contributed by atoms with E-state index in [4.69, 9.17) is 4.74 Å².